The fourth-order valence-corrected chi connectivity index (χ4v) is 2.02. The Bertz CT molecular complexity index is 698. The second kappa shape index (κ2) is 3.88. The lowest BCUT2D eigenvalue weighted by Crippen LogP contribution is -2.22. The molecule has 0 fully saturated rings. The van der Waals surface area contributed by atoms with Crippen molar-refractivity contribution < 1.29 is 4.42 Å². The molecule has 0 amide bonds. The van der Waals surface area contributed by atoms with Crippen LogP contribution in [-0.2, 0) is 5.54 Å². The van der Waals surface area contributed by atoms with Crippen molar-refractivity contribution in [2.24, 2.45) is 0 Å². The van der Waals surface area contributed by atoms with Crippen LogP contribution in [0.4, 0.5) is 5.69 Å². The molecule has 98 valence electrons. The Morgan fingerprint density at radius 3 is 2.58 bits per heavy atom. The van der Waals surface area contributed by atoms with Crippen LogP contribution in [0.5, 0.6) is 0 Å². The van der Waals surface area contributed by atoms with Gasteiger partial charge in [0.1, 0.15) is 5.58 Å². The van der Waals surface area contributed by atoms with E-state index in [0.29, 0.717) is 17.1 Å². The van der Waals surface area contributed by atoms with Crippen LogP contribution in [0.25, 0.3) is 22.4 Å². The highest BCUT2D eigenvalue weighted by atomic mass is 16.3. The minimum absolute atomic E-state index is 0.0988. The first kappa shape index (κ1) is 11.8. The molecule has 19 heavy (non-hydrogen) atoms. The molecule has 0 spiro atoms. The van der Waals surface area contributed by atoms with E-state index in [2.05, 4.69) is 25.9 Å². The van der Waals surface area contributed by atoms with Crippen molar-refractivity contribution in [3.05, 3.63) is 36.5 Å². The fourth-order valence-electron chi connectivity index (χ4n) is 2.02. The number of benzene rings is 1. The minimum Gasteiger partial charge on any atom is -0.454 e. The number of nitrogen functional groups attached to an aromatic ring is 1. The molecule has 0 saturated heterocycles. The maximum atomic E-state index is 6.05. The number of fused-ring (bicyclic) bond motifs is 1. The highest BCUT2D eigenvalue weighted by Gasteiger charge is 2.19. The lowest BCUT2D eigenvalue weighted by atomic mass is 10.1. The molecule has 0 unspecified atom stereocenters. The van der Waals surface area contributed by atoms with Gasteiger partial charge in [0.25, 0.3) is 0 Å². The smallest absolute Gasteiger partial charge is 0.157 e. The molecule has 4 nitrogen and oxygen atoms in total. The third kappa shape index (κ3) is 1.99. The Hall–Kier alpha value is -2.23. The van der Waals surface area contributed by atoms with E-state index in [4.69, 9.17) is 10.2 Å². The second-order valence-electron chi connectivity index (χ2n) is 5.70. The van der Waals surface area contributed by atoms with Crippen molar-refractivity contribution in [3.63, 3.8) is 0 Å². The molecule has 2 heterocycles. The third-order valence-electron chi connectivity index (χ3n) is 3.09. The highest BCUT2D eigenvalue weighted by Crippen LogP contribution is 2.31. The predicted molar refractivity (Wildman–Crippen MR) is 76.8 cm³/mol. The Morgan fingerprint density at radius 1 is 1.21 bits per heavy atom. The topological polar surface area (TPSA) is 57.0 Å². The van der Waals surface area contributed by atoms with E-state index in [1.165, 1.54) is 0 Å². The van der Waals surface area contributed by atoms with Crippen LogP contribution in [0.1, 0.15) is 20.8 Å². The number of nitrogens with two attached hydrogens (primary N) is 1. The molecule has 0 aliphatic rings. The Morgan fingerprint density at radius 2 is 1.95 bits per heavy atom. The monoisotopic (exact) mass is 255 g/mol. The number of rotatable bonds is 1. The Labute approximate surface area is 111 Å². The molecule has 0 bridgehead atoms. The summed E-state index contributed by atoms with van der Waals surface area (Å²) in [5.41, 5.74) is 8.13. The zero-order valence-corrected chi connectivity index (χ0v) is 11.3. The van der Waals surface area contributed by atoms with E-state index in [0.717, 1.165) is 11.0 Å². The summed E-state index contributed by atoms with van der Waals surface area (Å²) in [5.74, 6) is 0.710. The fraction of sp³-hybridized carbons (Fsp3) is 0.267. The van der Waals surface area contributed by atoms with Crippen LogP contribution in [0, 0.1) is 0 Å². The first-order chi connectivity index (χ1) is 8.95. The summed E-state index contributed by atoms with van der Waals surface area (Å²) in [5, 5.41) is 5.60. The minimum atomic E-state index is -0.0988. The molecule has 3 aromatic rings. The van der Waals surface area contributed by atoms with Crippen LogP contribution in [0.15, 0.2) is 40.9 Å². The SMILES string of the molecule is CC(C)(C)n1cc(N)c(-c2cc3ccccc3o2)n1. The van der Waals surface area contributed by atoms with Gasteiger partial charge in [-0.15, -0.1) is 0 Å². The summed E-state index contributed by atoms with van der Waals surface area (Å²) >= 11 is 0. The first-order valence-electron chi connectivity index (χ1n) is 6.30. The van der Waals surface area contributed by atoms with Gasteiger partial charge in [0.15, 0.2) is 11.5 Å². The van der Waals surface area contributed by atoms with Gasteiger partial charge in [0.05, 0.1) is 11.2 Å². The number of nitrogens with zero attached hydrogens (tertiary/aromatic N) is 2. The predicted octanol–water partition coefficient (Wildman–Crippen LogP) is 3.63. The molecular formula is C15H17N3O. The van der Waals surface area contributed by atoms with Gasteiger partial charge in [-0.25, -0.2) is 0 Å². The molecule has 2 aromatic heterocycles. The summed E-state index contributed by atoms with van der Waals surface area (Å²) in [6.45, 7) is 6.26. The quantitative estimate of drug-likeness (QED) is 0.722. The summed E-state index contributed by atoms with van der Waals surface area (Å²) in [4.78, 5) is 0. The summed E-state index contributed by atoms with van der Waals surface area (Å²) < 4.78 is 7.67. The lowest BCUT2D eigenvalue weighted by Gasteiger charge is -2.18. The van der Waals surface area contributed by atoms with Crippen molar-refractivity contribution in [1.29, 1.82) is 0 Å². The average molecular weight is 255 g/mol. The Balaban J connectivity index is 2.13. The number of aromatic nitrogens is 2. The van der Waals surface area contributed by atoms with Crippen LogP contribution in [0.3, 0.4) is 0 Å². The van der Waals surface area contributed by atoms with Gasteiger partial charge in [-0.2, -0.15) is 5.10 Å². The van der Waals surface area contributed by atoms with Crippen molar-refractivity contribution in [3.8, 4) is 11.5 Å². The first-order valence-corrected chi connectivity index (χ1v) is 6.30. The van der Waals surface area contributed by atoms with Crippen molar-refractivity contribution in [2.75, 3.05) is 5.73 Å². The van der Waals surface area contributed by atoms with Gasteiger partial charge < -0.3 is 10.2 Å². The average Bonchev–Trinajstić information content (AvgIpc) is 2.90. The van der Waals surface area contributed by atoms with Crippen LogP contribution in [0.2, 0.25) is 0 Å². The zero-order chi connectivity index (χ0) is 13.6. The highest BCUT2D eigenvalue weighted by molar-refractivity contribution is 5.84. The van der Waals surface area contributed by atoms with E-state index in [1.807, 2.05) is 41.2 Å². The molecule has 4 heteroatoms. The van der Waals surface area contributed by atoms with Crippen LogP contribution >= 0.6 is 0 Å². The molecule has 1 aromatic carbocycles. The third-order valence-corrected chi connectivity index (χ3v) is 3.09. The van der Waals surface area contributed by atoms with E-state index in [-0.39, 0.29) is 5.54 Å². The number of para-hydroxylation sites is 1. The summed E-state index contributed by atoms with van der Waals surface area (Å²) in [6.07, 6.45) is 1.85. The summed E-state index contributed by atoms with van der Waals surface area (Å²) in [6, 6.07) is 9.86. The molecular weight excluding hydrogens is 238 g/mol. The number of anilines is 1. The number of hydrogen-bond acceptors (Lipinski definition) is 3. The van der Waals surface area contributed by atoms with Gasteiger partial charge in [0.2, 0.25) is 0 Å². The molecule has 3 rings (SSSR count). The molecule has 0 radical (unpaired) electrons. The number of furan rings is 1. The van der Waals surface area contributed by atoms with Gasteiger partial charge in [-0.05, 0) is 32.9 Å². The molecule has 0 aliphatic carbocycles. The van der Waals surface area contributed by atoms with E-state index in [9.17, 15) is 0 Å². The van der Waals surface area contributed by atoms with E-state index >= 15 is 0 Å². The normalized spacial score (nSPS) is 12.2. The van der Waals surface area contributed by atoms with Gasteiger partial charge in [-0.3, -0.25) is 4.68 Å². The van der Waals surface area contributed by atoms with Crippen molar-refractivity contribution in [1.82, 2.24) is 9.78 Å². The zero-order valence-electron chi connectivity index (χ0n) is 11.3. The van der Waals surface area contributed by atoms with Gasteiger partial charge in [0, 0.05) is 11.6 Å². The van der Waals surface area contributed by atoms with Gasteiger partial charge >= 0.3 is 0 Å². The maximum Gasteiger partial charge on any atom is 0.157 e. The van der Waals surface area contributed by atoms with Crippen LogP contribution in [-0.4, -0.2) is 9.78 Å². The van der Waals surface area contributed by atoms with Gasteiger partial charge in [-0.1, -0.05) is 18.2 Å². The van der Waals surface area contributed by atoms with Crippen LogP contribution < -0.4 is 5.73 Å². The Kier molecular flexibility index (Phi) is 2.42. The largest absolute Gasteiger partial charge is 0.454 e. The summed E-state index contributed by atoms with van der Waals surface area (Å²) in [7, 11) is 0. The van der Waals surface area contributed by atoms with E-state index in [1.54, 1.807) is 0 Å². The van der Waals surface area contributed by atoms with Crippen molar-refractivity contribution in [2.45, 2.75) is 26.3 Å². The maximum absolute atomic E-state index is 6.05. The molecule has 0 atom stereocenters. The van der Waals surface area contributed by atoms with Crippen molar-refractivity contribution >= 4 is 16.7 Å². The molecule has 0 saturated carbocycles. The second-order valence-corrected chi connectivity index (χ2v) is 5.70. The number of hydrogen-bond donors (Lipinski definition) is 1. The standard InChI is InChI=1S/C15H17N3O/c1-15(2,3)18-9-11(16)14(17-18)13-8-10-6-4-5-7-12(10)19-13/h4-9H,16H2,1-3H3. The van der Waals surface area contributed by atoms with E-state index < -0.39 is 0 Å². The lowest BCUT2D eigenvalue weighted by molar-refractivity contribution is 0.356. The molecule has 0 aliphatic heterocycles. The molecule has 2 N–H and O–H groups in total.